The van der Waals surface area contributed by atoms with Gasteiger partial charge in [-0.1, -0.05) is 11.6 Å². The summed E-state index contributed by atoms with van der Waals surface area (Å²) in [5, 5.41) is 8.08. The zero-order valence-corrected chi connectivity index (χ0v) is 8.89. The van der Waals surface area contributed by atoms with E-state index in [0.717, 1.165) is 12.1 Å². The topological polar surface area (TPSA) is 54.4 Å². The molecular formula is C8H3BrClFO3. The molecule has 3 nitrogen and oxygen atoms in total. The number of ketones is 1. The van der Waals surface area contributed by atoms with Gasteiger partial charge in [-0.2, -0.15) is 0 Å². The summed E-state index contributed by atoms with van der Waals surface area (Å²) in [5.74, 6) is -3.47. The van der Waals surface area contributed by atoms with Gasteiger partial charge in [0.2, 0.25) is 0 Å². The highest BCUT2D eigenvalue weighted by Gasteiger charge is 2.17. The molecule has 0 amide bonds. The van der Waals surface area contributed by atoms with Gasteiger partial charge in [0.25, 0.3) is 5.78 Å². The number of hydrogen-bond donors (Lipinski definition) is 1. The van der Waals surface area contributed by atoms with Crippen LogP contribution in [0.4, 0.5) is 4.39 Å². The summed E-state index contributed by atoms with van der Waals surface area (Å²) in [6, 6.07) is 2.04. The SMILES string of the molecule is O=C(O)C(=O)c1cc(Cl)c(F)c(Br)c1. The molecular weight excluding hydrogens is 278 g/mol. The third kappa shape index (κ3) is 2.10. The van der Waals surface area contributed by atoms with Gasteiger partial charge < -0.3 is 5.11 Å². The lowest BCUT2D eigenvalue weighted by Crippen LogP contribution is -2.12. The summed E-state index contributed by atoms with van der Waals surface area (Å²) in [6.07, 6.45) is 0. The molecule has 0 atom stereocenters. The zero-order chi connectivity index (χ0) is 10.9. The lowest BCUT2D eigenvalue weighted by atomic mass is 10.1. The fourth-order valence-electron chi connectivity index (χ4n) is 0.810. The highest BCUT2D eigenvalue weighted by atomic mass is 79.9. The Balaban J connectivity index is 3.26. The molecule has 0 bridgehead atoms. The maximum atomic E-state index is 12.9. The largest absolute Gasteiger partial charge is 0.475 e. The van der Waals surface area contributed by atoms with E-state index in [1.165, 1.54) is 0 Å². The van der Waals surface area contributed by atoms with Crippen LogP contribution >= 0.6 is 27.5 Å². The smallest absolute Gasteiger partial charge is 0.377 e. The van der Waals surface area contributed by atoms with Crippen LogP contribution in [-0.4, -0.2) is 16.9 Å². The fraction of sp³-hybridized carbons (Fsp3) is 0. The van der Waals surface area contributed by atoms with Crippen molar-refractivity contribution < 1.29 is 19.1 Å². The van der Waals surface area contributed by atoms with E-state index in [9.17, 15) is 14.0 Å². The van der Waals surface area contributed by atoms with Crippen molar-refractivity contribution in [3.63, 3.8) is 0 Å². The molecule has 6 heteroatoms. The Morgan fingerprint density at radius 2 is 2.00 bits per heavy atom. The first-order valence-corrected chi connectivity index (χ1v) is 4.52. The van der Waals surface area contributed by atoms with Crippen LogP contribution in [0.5, 0.6) is 0 Å². The molecule has 0 saturated carbocycles. The van der Waals surface area contributed by atoms with E-state index in [2.05, 4.69) is 15.9 Å². The molecule has 0 aliphatic carbocycles. The van der Waals surface area contributed by atoms with Gasteiger partial charge >= 0.3 is 5.97 Å². The van der Waals surface area contributed by atoms with Gasteiger partial charge in [-0.25, -0.2) is 9.18 Å². The summed E-state index contributed by atoms with van der Waals surface area (Å²) >= 11 is 8.23. The number of rotatable bonds is 2. The molecule has 1 N–H and O–H groups in total. The van der Waals surface area contributed by atoms with Gasteiger partial charge in [-0.15, -0.1) is 0 Å². The van der Waals surface area contributed by atoms with Crippen LogP contribution in [0.15, 0.2) is 16.6 Å². The average Bonchev–Trinajstić information content (AvgIpc) is 2.12. The normalized spacial score (nSPS) is 9.93. The molecule has 0 saturated heterocycles. The van der Waals surface area contributed by atoms with Gasteiger partial charge in [-0.3, -0.25) is 4.79 Å². The summed E-state index contributed by atoms with van der Waals surface area (Å²) in [4.78, 5) is 21.3. The first-order chi connectivity index (χ1) is 6.43. The first-order valence-electron chi connectivity index (χ1n) is 3.35. The van der Waals surface area contributed by atoms with E-state index < -0.39 is 17.6 Å². The molecule has 0 aliphatic heterocycles. The van der Waals surface area contributed by atoms with E-state index in [4.69, 9.17) is 16.7 Å². The fourth-order valence-corrected chi connectivity index (χ4v) is 1.60. The molecule has 0 fully saturated rings. The molecule has 0 radical (unpaired) electrons. The number of benzene rings is 1. The Bertz CT molecular complexity index is 396. The van der Waals surface area contributed by atoms with Crippen molar-refractivity contribution in [2.75, 3.05) is 0 Å². The second kappa shape index (κ2) is 4.06. The Morgan fingerprint density at radius 1 is 1.43 bits per heavy atom. The summed E-state index contributed by atoms with van der Waals surface area (Å²) < 4.78 is 12.9. The van der Waals surface area contributed by atoms with Crippen LogP contribution in [0.25, 0.3) is 0 Å². The predicted octanol–water partition coefficient (Wildman–Crippen LogP) is 2.51. The Labute approximate surface area is 91.6 Å². The van der Waals surface area contributed by atoms with Crippen molar-refractivity contribution in [3.05, 3.63) is 33.0 Å². The number of carboxylic acid groups (broad SMARTS) is 1. The van der Waals surface area contributed by atoms with E-state index in [1.54, 1.807) is 0 Å². The second-order valence-corrected chi connectivity index (χ2v) is 3.65. The third-order valence-electron chi connectivity index (χ3n) is 1.44. The van der Waals surface area contributed by atoms with Crippen LogP contribution in [-0.2, 0) is 4.79 Å². The van der Waals surface area contributed by atoms with Gasteiger partial charge in [0.15, 0.2) is 5.82 Å². The highest BCUT2D eigenvalue weighted by Crippen LogP contribution is 2.25. The van der Waals surface area contributed by atoms with E-state index >= 15 is 0 Å². The van der Waals surface area contributed by atoms with E-state index in [0.29, 0.717) is 0 Å². The first kappa shape index (κ1) is 11.1. The molecule has 0 unspecified atom stereocenters. The molecule has 14 heavy (non-hydrogen) atoms. The number of Topliss-reactive ketones (excluding diaryl/α,β-unsaturated/α-hetero) is 1. The third-order valence-corrected chi connectivity index (χ3v) is 2.29. The van der Waals surface area contributed by atoms with Crippen molar-refractivity contribution >= 4 is 39.3 Å². The highest BCUT2D eigenvalue weighted by molar-refractivity contribution is 9.10. The van der Waals surface area contributed by atoms with Crippen LogP contribution in [0.3, 0.4) is 0 Å². The van der Waals surface area contributed by atoms with E-state index in [1.807, 2.05) is 0 Å². The Morgan fingerprint density at radius 3 is 2.43 bits per heavy atom. The van der Waals surface area contributed by atoms with Gasteiger partial charge in [0, 0.05) is 5.56 Å². The van der Waals surface area contributed by atoms with Crippen LogP contribution in [0.2, 0.25) is 5.02 Å². The summed E-state index contributed by atoms with van der Waals surface area (Å²) in [6.45, 7) is 0. The maximum absolute atomic E-state index is 12.9. The van der Waals surface area contributed by atoms with Crippen molar-refractivity contribution in [1.29, 1.82) is 0 Å². The zero-order valence-electron chi connectivity index (χ0n) is 6.55. The molecule has 0 aromatic heterocycles. The molecule has 0 spiro atoms. The number of carbonyl (C=O) groups excluding carboxylic acids is 1. The molecule has 0 heterocycles. The maximum Gasteiger partial charge on any atom is 0.377 e. The minimum atomic E-state index is -1.61. The number of halogens is 3. The molecule has 1 rings (SSSR count). The van der Waals surface area contributed by atoms with Crippen LogP contribution < -0.4 is 0 Å². The quantitative estimate of drug-likeness (QED) is 0.515. The number of aliphatic carboxylic acids is 1. The van der Waals surface area contributed by atoms with Crippen LogP contribution in [0, 0.1) is 5.82 Å². The van der Waals surface area contributed by atoms with Crippen molar-refractivity contribution in [1.82, 2.24) is 0 Å². The summed E-state index contributed by atoms with van der Waals surface area (Å²) in [5.41, 5.74) is -0.171. The number of hydrogen-bond acceptors (Lipinski definition) is 2. The minimum Gasteiger partial charge on any atom is -0.475 e. The lowest BCUT2D eigenvalue weighted by Gasteiger charge is -2.00. The molecule has 1 aromatic rings. The monoisotopic (exact) mass is 280 g/mol. The lowest BCUT2D eigenvalue weighted by molar-refractivity contribution is -0.131. The van der Waals surface area contributed by atoms with Crippen molar-refractivity contribution in [2.24, 2.45) is 0 Å². The van der Waals surface area contributed by atoms with Crippen molar-refractivity contribution in [3.8, 4) is 0 Å². The molecule has 0 aliphatic rings. The van der Waals surface area contributed by atoms with Gasteiger partial charge in [0.05, 0.1) is 9.50 Å². The van der Waals surface area contributed by atoms with E-state index in [-0.39, 0.29) is 15.1 Å². The Kier molecular flexibility index (Phi) is 3.23. The minimum absolute atomic E-state index is 0.0467. The van der Waals surface area contributed by atoms with Gasteiger partial charge in [0.1, 0.15) is 0 Å². The summed E-state index contributed by atoms with van der Waals surface area (Å²) in [7, 11) is 0. The number of carbonyl (C=O) groups is 2. The predicted molar refractivity (Wildman–Crippen MR) is 51.1 cm³/mol. The Hall–Kier alpha value is -0.940. The van der Waals surface area contributed by atoms with Gasteiger partial charge in [-0.05, 0) is 28.1 Å². The van der Waals surface area contributed by atoms with Crippen molar-refractivity contribution in [2.45, 2.75) is 0 Å². The average molecular weight is 281 g/mol. The number of carboxylic acids is 1. The second-order valence-electron chi connectivity index (χ2n) is 2.39. The molecule has 74 valence electrons. The van der Waals surface area contributed by atoms with Crippen LogP contribution in [0.1, 0.15) is 10.4 Å². The molecule has 1 aromatic carbocycles. The standard InChI is InChI=1S/C8H3BrClFO3/c9-4-1-3(7(12)8(13)14)2-5(10)6(4)11/h1-2H,(H,13,14).